The maximum Gasteiger partial charge on any atom is 0.282 e. The molecule has 5 rings (SSSR count). The van der Waals surface area contributed by atoms with Gasteiger partial charge in [0.15, 0.2) is 5.76 Å². The Bertz CT molecular complexity index is 1330. The zero-order valence-electron chi connectivity index (χ0n) is 19.5. The maximum absolute atomic E-state index is 13.1. The van der Waals surface area contributed by atoms with Crippen molar-refractivity contribution >= 4 is 17.8 Å². The molecule has 2 amide bonds. The molecule has 0 aromatic carbocycles. The van der Waals surface area contributed by atoms with Crippen molar-refractivity contribution in [3.05, 3.63) is 42.3 Å². The Kier molecular flexibility index (Phi) is 5.66. The van der Waals surface area contributed by atoms with Crippen molar-refractivity contribution in [2.45, 2.75) is 30.9 Å². The van der Waals surface area contributed by atoms with Crippen LogP contribution in [-0.2, 0) is 15.2 Å². The smallest absolute Gasteiger partial charge is 0.282 e. The first kappa shape index (κ1) is 23.7. The summed E-state index contributed by atoms with van der Waals surface area (Å²) in [5.74, 6) is -3.57. The first-order valence-corrected chi connectivity index (χ1v) is 11.2. The van der Waals surface area contributed by atoms with E-state index in [-0.39, 0.29) is 18.1 Å². The molecule has 5 heterocycles. The third kappa shape index (κ3) is 4.26. The fraction of sp³-hybridized carbons (Fsp3) is 0.391. The number of likely N-dealkylation sites (tertiary alicyclic amines) is 2. The quantitative estimate of drug-likeness (QED) is 0.517. The number of hydrogen-bond acceptors (Lipinski definition) is 9. The second-order valence-corrected chi connectivity index (χ2v) is 9.00. The van der Waals surface area contributed by atoms with E-state index in [0.29, 0.717) is 29.3 Å². The summed E-state index contributed by atoms with van der Waals surface area (Å²) in [6.07, 6.45) is 1.68. The van der Waals surface area contributed by atoms with Crippen LogP contribution in [0.5, 0.6) is 0 Å². The Balaban J connectivity index is 1.33. The van der Waals surface area contributed by atoms with E-state index < -0.39 is 42.5 Å². The number of rotatable bonds is 6. The van der Waals surface area contributed by atoms with E-state index in [1.165, 1.54) is 17.2 Å². The van der Waals surface area contributed by atoms with Crippen molar-refractivity contribution < 1.29 is 28.0 Å². The lowest BCUT2D eigenvalue weighted by Gasteiger charge is -2.40. The van der Waals surface area contributed by atoms with Crippen LogP contribution in [0.15, 0.2) is 41.1 Å². The molecule has 13 heteroatoms. The summed E-state index contributed by atoms with van der Waals surface area (Å²) < 4.78 is 31.5. The van der Waals surface area contributed by atoms with Crippen LogP contribution in [0.4, 0.5) is 14.7 Å². The third-order valence-electron chi connectivity index (χ3n) is 6.23. The van der Waals surface area contributed by atoms with Crippen molar-refractivity contribution in [1.82, 2.24) is 29.9 Å². The lowest BCUT2D eigenvalue weighted by Crippen LogP contribution is -2.61. The van der Waals surface area contributed by atoms with Gasteiger partial charge in [-0.1, -0.05) is 11.2 Å². The number of anilines is 1. The number of carbonyl (C=O) groups is 2. The fourth-order valence-electron chi connectivity index (χ4n) is 4.16. The average molecular weight is 499 g/mol. The van der Waals surface area contributed by atoms with E-state index in [0.717, 1.165) is 4.90 Å². The fourth-order valence-corrected chi connectivity index (χ4v) is 4.16. The SMILES string of the molecule is C[C@H](Nc1nccc(-c2cccc(-c3cc([C@]4(O)CCN(C)C4=O)on3)n2)n1)C(=O)N1CC(F)(F)C1. The van der Waals surface area contributed by atoms with Crippen LogP contribution in [-0.4, -0.2) is 85.5 Å². The van der Waals surface area contributed by atoms with E-state index in [2.05, 4.69) is 25.4 Å². The van der Waals surface area contributed by atoms with E-state index in [1.54, 1.807) is 38.2 Å². The molecule has 188 valence electrons. The number of alkyl halides is 2. The molecule has 0 bridgehead atoms. The van der Waals surface area contributed by atoms with Gasteiger partial charge in [-0.2, -0.15) is 0 Å². The highest BCUT2D eigenvalue weighted by Crippen LogP contribution is 2.34. The molecule has 3 aromatic heterocycles. The van der Waals surface area contributed by atoms with Gasteiger partial charge >= 0.3 is 0 Å². The van der Waals surface area contributed by atoms with Crippen LogP contribution in [0.3, 0.4) is 0 Å². The molecular formula is C23H23F2N7O4. The molecule has 2 saturated heterocycles. The van der Waals surface area contributed by atoms with Crippen molar-refractivity contribution in [2.75, 3.05) is 32.0 Å². The molecule has 0 spiro atoms. The van der Waals surface area contributed by atoms with Crippen molar-refractivity contribution in [3.63, 3.8) is 0 Å². The molecule has 11 nitrogen and oxygen atoms in total. The van der Waals surface area contributed by atoms with Crippen LogP contribution in [0, 0.1) is 0 Å². The number of aromatic nitrogens is 4. The van der Waals surface area contributed by atoms with Crippen LogP contribution in [0.1, 0.15) is 19.1 Å². The highest BCUT2D eigenvalue weighted by molar-refractivity contribution is 5.87. The van der Waals surface area contributed by atoms with E-state index in [9.17, 15) is 23.5 Å². The number of amides is 2. The van der Waals surface area contributed by atoms with Gasteiger partial charge in [0.1, 0.15) is 11.7 Å². The summed E-state index contributed by atoms with van der Waals surface area (Å²) in [5, 5.41) is 17.6. The first-order valence-electron chi connectivity index (χ1n) is 11.2. The van der Waals surface area contributed by atoms with Gasteiger partial charge in [0.05, 0.1) is 30.2 Å². The van der Waals surface area contributed by atoms with E-state index in [4.69, 9.17) is 4.52 Å². The zero-order valence-corrected chi connectivity index (χ0v) is 19.5. The molecule has 0 unspecified atom stereocenters. The van der Waals surface area contributed by atoms with Gasteiger partial charge < -0.3 is 24.7 Å². The Morgan fingerprint density at radius 1 is 1.17 bits per heavy atom. The summed E-state index contributed by atoms with van der Waals surface area (Å²) in [7, 11) is 1.60. The summed E-state index contributed by atoms with van der Waals surface area (Å²) in [6.45, 7) is 0.761. The molecule has 2 fully saturated rings. The molecule has 36 heavy (non-hydrogen) atoms. The van der Waals surface area contributed by atoms with Gasteiger partial charge in [0.25, 0.3) is 11.8 Å². The minimum absolute atomic E-state index is 0.0474. The number of aliphatic hydroxyl groups is 1. The van der Waals surface area contributed by atoms with Gasteiger partial charge in [-0.15, -0.1) is 0 Å². The summed E-state index contributed by atoms with van der Waals surface area (Å²) in [6, 6.07) is 7.47. The molecule has 2 aliphatic rings. The normalized spacial score (nSPS) is 21.9. The number of likely N-dealkylation sites (N-methyl/N-ethyl adjacent to an activating group) is 1. The molecule has 2 atom stereocenters. The minimum atomic E-state index is -2.84. The number of nitrogens with zero attached hydrogens (tertiary/aromatic N) is 6. The van der Waals surface area contributed by atoms with Crippen LogP contribution in [0.25, 0.3) is 22.8 Å². The van der Waals surface area contributed by atoms with Gasteiger partial charge in [0, 0.05) is 32.3 Å². The highest BCUT2D eigenvalue weighted by Gasteiger charge is 2.49. The predicted octanol–water partition coefficient (Wildman–Crippen LogP) is 1.52. The lowest BCUT2D eigenvalue weighted by molar-refractivity contribution is -0.166. The monoisotopic (exact) mass is 499 g/mol. The number of carbonyl (C=O) groups excluding carboxylic acids is 2. The topological polar surface area (TPSA) is 138 Å². The average Bonchev–Trinajstić information content (AvgIpc) is 3.45. The highest BCUT2D eigenvalue weighted by atomic mass is 19.3. The molecule has 2 N–H and O–H groups in total. The van der Waals surface area contributed by atoms with Crippen LogP contribution in [0.2, 0.25) is 0 Å². The summed E-state index contributed by atoms with van der Waals surface area (Å²) >= 11 is 0. The third-order valence-corrected chi connectivity index (χ3v) is 6.23. The lowest BCUT2D eigenvalue weighted by atomic mass is 9.98. The molecule has 0 aliphatic carbocycles. The number of hydrogen-bond donors (Lipinski definition) is 2. The van der Waals surface area contributed by atoms with Crippen LogP contribution < -0.4 is 5.32 Å². The van der Waals surface area contributed by atoms with Gasteiger partial charge in [-0.3, -0.25) is 9.59 Å². The second kappa shape index (κ2) is 8.59. The van der Waals surface area contributed by atoms with E-state index >= 15 is 0 Å². The molecular weight excluding hydrogens is 476 g/mol. The molecule has 2 aliphatic heterocycles. The molecule has 0 radical (unpaired) electrons. The zero-order chi connectivity index (χ0) is 25.7. The number of pyridine rings is 1. The Morgan fingerprint density at radius 2 is 1.86 bits per heavy atom. The summed E-state index contributed by atoms with van der Waals surface area (Å²) in [4.78, 5) is 40.2. The van der Waals surface area contributed by atoms with Gasteiger partial charge in [-0.05, 0) is 25.1 Å². The Hall–Kier alpha value is -4.00. The number of nitrogens with one attached hydrogen (secondary N) is 1. The maximum atomic E-state index is 13.1. The van der Waals surface area contributed by atoms with Gasteiger partial charge in [-0.25, -0.2) is 23.7 Å². The molecule has 3 aromatic rings. The predicted molar refractivity (Wildman–Crippen MR) is 122 cm³/mol. The van der Waals surface area contributed by atoms with Crippen molar-refractivity contribution in [3.8, 4) is 22.8 Å². The minimum Gasteiger partial charge on any atom is -0.373 e. The Morgan fingerprint density at radius 3 is 2.53 bits per heavy atom. The van der Waals surface area contributed by atoms with Crippen LogP contribution >= 0.6 is 0 Å². The second-order valence-electron chi connectivity index (χ2n) is 9.00. The standard InChI is InChI=1S/C23H23F2N7O4/c1-13(19(33)32-11-22(24,25)12-32)27-21-26-8-6-16(29-21)14-4-3-5-15(28-14)17-10-18(36-30-17)23(35)7-9-31(2)20(23)34/h3-6,8,10,13,35H,7,9,11-12H2,1-2H3,(H,26,27,29)/t13-,23+/m0/s1. The molecule has 0 saturated carbocycles. The van der Waals surface area contributed by atoms with Crippen molar-refractivity contribution in [2.24, 2.45) is 0 Å². The first-order chi connectivity index (χ1) is 17.1. The van der Waals surface area contributed by atoms with Crippen molar-refractivity contribution in [1.29, 1.82) is 0 Å². The number of halogens is 2. The largest absolute Gasteiger partial charge is 0.373 e. The van der Waals surface area contributed by atoms with Gasteiger partial charge in [0.2, 0.25) is 17.5 Å². The van der Waals surface area contributed by atoms with E-state index in [1.807, 2.05) is 0 Å². The summed E-state index contributed by atoms with van der Waals surface area (Å²) in [5.41, 5.74) is -0.0789. The Labute approximate surface area is 204 Å².